The minimum absolute atomic E-state index is 0.0651. The van der Waals surface area contributed by atoms with Crippen LogP contribution < -0.4 is 10.6 Å². The molecule has 26 heavy (non-hydrogen) atoms. The number of rotatable bonds is 5. The number of amides is 1. The van der Waals surface area contributed by atoms with E-state index in [1.807, 2.05) is 60.5 Å². The van der Waals surface area contributed by atoms with Crippen LogP contribution in [-0.2, 0) is 11.3 Å². The summed E-state index contributed by atoms with van der Waals surface area (Å²) in [7, 11) is 3.74. The van der Waals surface area contributed by atoms with Crippen LogP contribution in [-0.4, -0.2) is 37.4 Å². The van der Waals surface area contributed by atoms with Crippen molar-refractivity contribution < 1.29 is 4.79 Å². The average Bonchev–Trinajstić information content (AvgIpc) is 2.94. The highest BCUT2D eigenvalue weighted by Gasteiger charge is 2.29. The average molecular weight is 371 g/mol. The van der Waals surface area contributed by atoms with Crippen molar-refractivity contribution in [1.29, 1.82) is 0 Å². The maximum absolute atomic E-state index is 12.2. The number of nitrogens with zero attached hydrogens (tertiary/aromatic N) is 2. The molecular formula is C20H23ClN4O. The van der Waals surface area contributed by atoms with E-state index in [1.54, 1.807) is 7.05 Å². The molecule has 0 saturated heterocycles. The molecule has 1 unspecified atom stereocenters. The highest BCUT2D eigenvalue weighted by atomic mass is 35.5. The molecule has 0 bridgehead atoms. The molecule has 3 rings (SSSR count). The molecule has 1 atom stereocenters. The molecule has 0 aliphatic carbocycles. The van der Waals surface area contributed by atoms with Gasteiger partial charge in [-0.2, -0.15) is 0 Å². The fourth-order valence-electron chi connectivity index (χ4n) is 3.26. The Labute approximate surface area is 159 Å². The van der Waals surface area contributed by atoms with Gasteiger partial charge in [0.1, 0.15) is 0 Å². The maximum atomic E-state index is 12.2. The van der Waals surface area contributed by atoms with E-state index in [-0.39, 0.29) is 11.8 Å². The van der Waals surface area contributed by atoms with E-state index in [1.165, 1.54) is 0 Å². The Morgan fingerprint density at radius 2 is 2.08 bits per heavy atom. The van der Waals surface area contributed by atoms with Crippen molar-refractivity contribution in [1.82, 2.24) is 10.2 Å². The third-order valence-electron chi connectivity index (χ3n) is 4.51. The molecule has 2 aromatic carbocycles. The first-order valence-corrected chi connectivity index (χ1v) is 9.02. The molecule has 0 radical (unpaired) electrons. The predicted molar refractivity (Wildman–Crippen MR) is 107 cm³/mol. The Morgan fingerprint density at radius 3 is 2.85 bits per heavy atom. The minimum Gasteiger partial charge on any atom is -0.356 e. The van der Waals surface area contributed by atoms with Crippen LogP contribution in [0.4, 0.5) is 5.69 Å². The number of guanidine groups is 1. The van der Waals surface area contributed by atoms with Crippen LogP contribution in [0.5, 0.6) is 0 Å². The van der Waals surface area contributed by atoms with Gasteiger partial charge in [-0.05, 0) is 35.7 Å². The lowest BCUT2D eigenvalue weighted by atomic mass is 9.97. The summed E-state index contributed by atoms with van der Waals surface area (Å²) in [4.78, 5) is 18.6. The van der Waals surface area contributed by atoms with E-state index in [0.29, 0.717) is 19.5 Å². The van der Waals surface area contributed by atoms with Crippen molar-refractivity contribution in [2.45, 2.75) is 18.9 Å². The first-order chi connectivity index (χ1) is 12.6. The second-order valence-electron chi connectivity index (χ2n) is 6.38. The van der Waals surface area contributed by atoms with E-state index in [9.17, 15) is 4.79 Å². The molecule has 1 heterocycles. The second kappa shape index (κ2) is 8.23. The van der Waals surface area contributed by atoms with E-state index in [4.69, 9.17) is 11.6 Å². The Bertz CT molecular complexity index is 821. The number of aliphatic imine (C=N–C) groups is 1. The summed E-state index contributed by atoms with van der Waals surface area (Å²) in [5.41, 5.74) is 3.11. The summed E-state index contributed by atoms with van der Waals surface area (Å²) in [5.74, 6) is 0.738. The van der Waals surface area contributed by atoms with Crippen molar-refractivity contribution >= 4 is 29.2 Å². The number of fused-ring (bicyclic) bond motifs is 1. The zero-order chi connectivity index (χ0) is 18.5. The van der Waals surface area contributed by atoms with Crippen LogP contribution in [0.1, 0.15) is 23.5 Å². The number of benzene rings is 2. The van der Waals surface area contributed by atoms with Gasteiger partial charge in [-0.15, -0.1) is 0 Å². The highest BCUT2D eigenvalue weighted by Crippen LogP contribution is 2.33. The van der Waals surface area contributed by atoms with Gasteiger partial charge < -0.3 is 15.5 Å². The monoisotopic (exact) mass is 370 g/mol. The molecule has 136 valence electrons. The topological polar surface area (TPSA) is 56.7 Å². The number of anilines is 1. The lowest BCUT2D eigenvalue weighted by Gasteiger charge is -2.22. The molecule has 0 saturated carbocycles. The number of hydrogen-bond donors (Lipinski definition) is 2. The number of carbonyl (C=O) groups excluding carboxylic acids is 1. The number of carbonyl (C=O) groups is 1. The van der Waals surface area contributed by atoms with Crippen molar-refractivity contribution in [3.63, 3.8) is 0 Å². The quantitative estimate of drug-likeness (QED) is 0.626. The van der Waals surface area contributed by atoms with Crippen molar-refractivity contribution in [2.75, 3.05) is 26.0 Å². The first-order valence-electron chi connectivity index (χ1n) is 8.64. The normalized spacial score (nSPS) is 16.2. The van der Waals surface area contributed by atoms with Crippen molar-refractivity contribution in [3.8, 4) is 0 Å². The number of hydrogen-bond acceptors (Lipinski definition) is 2. The standard InChI is InChI=1S/C20H23ClN4O/c1-22-20(25(2)13-14-6-5-7-15(21)12-14)23-11-10-17-16-8-3-4-9-18(16)24-19(17)26/h3-9,12,17H,10-11,13H2,1-2H3,(H,22,23)(H,24,26). The second-order valence-corrected chi connectivity index (χ2v) is 6.81. The van der Waals surface area contributed by atoms with Gasteiger partial charge in [0.25, 0.3) is 0 Å². The Kier molecular flexibility index (Phi) is 5.78. The van der Waals surface area contributed by atoms with Gasteiger partial charge >= 0.3 is 0 Å². The summed E-state index contributed by atoms with van der Waals surface area (Å²) in [6.07, 6.45) is 0.715. The zero-order valence-electron chi connectivity index (χ0n) is 15.0. The van der Waals surface area contributed by atoms with Crippen LogP contribution in [0.25, 0.3) is 0 Å². The van der Waals surface area contributed by atoms with Crippen LogP contribution in [0.3, 0.4) is 0 Å². The minimum atomic E-state index is -0.116. The van der Waals surface area contributed by atoms with Gasteiger partial charge in [-0.3, -0.25) is 9.79 Å². The highest BCUT2D eigenvalue weighted by molar-refractivity contribution is 6.30. The SMILES string of the molecule is CN=C(NCCC1C(=O)Nc2ccccc21)N(C)Cc1cccc(Cl)c1. The molecule has 0 fully saturated rings. The van der Waals surface area contributed by atoms with Gasteiger partial charge in [-0.1, -0.05) is 41.9 Å². The van der Waals surface area contributed by atoms with Gasteiger partial charge in [0, 0.05) is 37.9 Å². The fourth-order valence-corrected chi connectivity index (χ4v) is 3.47. The lowest BCUT2D eigenvalue weighted by molar-refractivity contribution is -0.117. The fraction of sp³-hybridized carbons (Fsp3) is 0.300. The van der Waals surface area contributed by atoms with Gasteiger partial charge in [0.05, 0.1) is 5.92 Å². The zero-order valence-corrected chi connectivity index (χ0v) is 15.8. The van der Waals surface area contributed by atoms with E-state index in [0.717, 1.165) is 27.8 Å². The summed E-state index contributed by atoms with van der Waals surface area (Å²) >= 11 is 6.05. The predicted octanol–water partition coefficient (Wildman–Crippen LogP) is 3.47. The smallest absolute Gasteiger partial charge is 0.232 e. The molecule has 6 heteroatoms. The Balaban J connectivity index is 1.55. The molecule has 0 spiro atoms. The summed E-state index contributed by atoms with van der Waals surface area (Å²) in [5, 5.41) is 7.01. The maximum Gasteiger partial charge on any atom is 0.232 e. The Morgan fingerprint density at radius 1 is 1.27 bits per heavy atom. The Hall–Kier alpha value is -2.53. The molecule has 0 aromatic heterocycles. The molecular weight excluding hydrogens is 348 g/mol. The third kappa shape index (κ3) is 4.17. The van der Waals surface area contributed by atoms with Crippen molar-refractivity contribution in [2.24, 2.45) is 4.99 Å². The number of para-hydroxylation sites is 1. The van der Waals surface area contributed by atoms with Crippen LogP contribution in [0.2, 0.25) is 5.02 Å². The first kappa shape index (κ1) is 18.3. The van der Waals surface area contributed by atoms with E-state index < -0.39 is 0 Å². The number of halogens is 1. The summed E-state index contributed by atoms with van der Waals surface area (Å²) in [6.45, 7) is 1.37. The molecule has 1 aliphatic rings. The van der Waals surface area contributed by atoms with Crippen LogP contribution >= 0.6 is 11.6 Å². The largest absolute Gasteiger partial charge is 0.356 e. The molecule has 1 amide bonds. The summed E-state index contributed by atoms with van der Waals surface area (Å²) < 4.78 is 0. The molecule has 2 N–H and O–H groups in total. The van der Waals surface area contributed by atoms with Gasteiger partial charge in [0.2, 0.25) is 5.91 Å². The molecule has 2 aromatic rings. The van der Waals surface area contributed by atoms with Crippen LogP contribution in [0.15, 0.2) is 53.5 Å². The van der Waals surface area contributed by atoms with Crippen LogP contribution in [0, 0.1) is 0 Å². The molecule has 5 nitrogen and oxygen atoms in total. The van der Waals surface area contributed by atoms with Gasteiger partial charge in [0.15, 0.2) is 5.96 Å². The lowest BCUT2D eigenvalue weighted by Crippen LogP contribution is -2.39. The van der Waals surface area contributed by atoms with E-state index >= 15 is 0 Å². The summed E-state index contributed by atoms with van der Waals surface area (Å²) in [6, 6.07) is 15.7. The van der Waals surface area contributed by atoms with Crippen molar-refractivity contribution in [3.05, 3.63) is 64.7 Å². The van der Waals surface area contributed by atoms with E-state index in [2.05, 4.69) is 15.6 Å². The third-order valence-corrected chi connectivity index (χ3v) is 4.74. The number of nitrogens with one attached hydrogen (secondary N) is 2. The van der Waals surface area contributed by atoms with Gasteiger partial charge in [-0.25, -0.2) is 0 Å². The molecule has 1 aliphatic heterocycles.